The Morgan fingerprint density at radius 2 is 2.35 bits per heavy atom. The molecule has 1 aliphatic heterocycles. The average Bonchev–Trinajstić information content (AvgIpc) is 2.82. The number of hydrogen-bond acceptors (Lipinski definition) is 5. The van der Waals surface area contributed by atoms with E-state index in [1.54, 1.807) is 20.5 Å². The molecule has 1 aromatic heterocycles. The van der Waals surface area contributed by atoms with Gasteiger partial charge in [0.15, 0.2) is 0 Å². The molecule has 1 fully saturated rings. The minimum atomic E-state index is -0.581. The molecule has 20 heavy (non-hydrogen) atoms. The van der Waals surface area contributed by atoms with Gasteiger partial charge in [-0.25, -0.2) is 9.97 Å². The van der Waals surface area contributed by atoms with Crippen molar-refractivity contribution in [3.05, 3.63) is 23.8 Å². The highest BCUT2D eigenvalue weighted by molar-refractivity contribution is 5.86. The highest BCUT2D eigenvalue weighted by atomic mass is 16.5. The van der Waals surface area contributed by atoms with Gasteiger partial charge >= 0.3 is 0 Å². The van der Waals surface area contributed by atoms with Crippen LogP contribution in [0.2, 0.25) is 0 Å². The topological polar surface area (TPSA) is 67.3 Å². The molecule has 6 nitrogen and oxygen atoms in total. The number of rotatable bonds is 5. The molecule has 0 aliphatic carbocycles. The van der Waals surface area contributed by atoms with Gasteiger partial charge in [-0.1, -0.05) is 0 Å². The minimum absolute atomic E-state index is 0.0163. The van der Waals surface area contributed by atoms with Crippen LogP contribution in [0, 0.1) is 6.92 Å². The summed E-state index contributed by atoms with van der Waals surface area (Å²) in [6.45, 7) is 3.85. The summed E-state index contributed by atoms with van der Waals surface area (Å²) >= 11 is 0. The molecular weight excluding hydrogens is 256 g/mol. The second-order valence-electron chi connectivity index (χ2n) is 5.22. The van der Waals surface area contributed by atoms with Gasteiger partial charge < -0.3 is 10.1 Å². The number of carbonyl (C=O) groups is 1. The maximum atomic E-state index is 12.3. The number of likely N-dealkylation sites (N-methyl/N-ethyl adjacent to an activating group) is 1. The van der Waals surface area contributed by atoms with Crippen LogP contribution in [-0.2, 0) is 16.1 Å². The van der Waals surface area contributed by atoms with E-state index in [9.17, 15) is 4.79 Å². The van der Waals surface area contributed by atoms with Crippen molar-refractivity contribution < 1.29 is 9.53 Å². The number of hydrogen-bond donors (Lipinski definition) is 1. The molecule has 0 saturated carbocycles. The van der Waals surface area contributed by atoms with Crippen LogP contribution in [0.5, 0.6) is 0 Å². The molecule has 1 amide bonds. The zero-order valence-electron chi connectivity index (χ0n) is 12.3. The summed E-state index contributed by atoms with van der Waals surface area (Å²) in [4.78, 5) is 22.9. The number of likely N-dealkylation sites (tertiary alicyclic amines) is 1. The van der Waals surface area contributed by atoms with Gasteiger partial charge in [-0.05, 0) is 32.4 Å². The molecule has 1 N–H and O–H groups in total. The second-order valence-corrected chi connectivity index (χ2v) is 5.22. The number of aryl methyl sites for hydroxylation is 1. The van der Waals surface area contributed by atoms with E-state index in [2.05, 4.69) is 20.2 Å². The largest absolute Gasteiger partial charge is 0.382 e. The van der Waals surface area contributed by atoms with E-state index in [0.717, 1.165) is 30.8 Å². The Hall–Kier alpha value is -1.53. The molecule has 110 valence electrons. The summed E-state index contributed by atoms with van der Waals surface area (Å²) in [6.07, 6.45) is 3.37. The van der Waals surface area contributed by atoms with E-state index >= 15 is 0 Å². The van der Waals surface area contributed by atoms with Crippen molar-refractivity contribution in [1.29, 1.82) is 0 Å². The van der Waals surface area contributed by atoms with Crippen molar-refractivity contribution in [3.63, 3.8) is 0 Å². The fraction of sp³-hybridized carbons (Fsp3) is 0.643. The number of aromatic nitrogens is 2. The van der Waals surface area contributed by atoms with E-state index < -0.39 is 5.54 Å². The Morgan fingerprint density at radius 1 is 1.55 bits per heavy atom. The first-order valence-electron chi connectivity index (χ1n) is 6.86. The molecular formula is C14H22N4O2. The zero-order valence-corrected chi connectivity index (χ0v) is 12.3. The van der Waals surface area contributed by atoms with E-state index in [-0.39, 0.29) is 5.91 Å². The lowest BCUT2D eigenvalue weighted by atomic mass is 9.95. The summed E-state index contributed by atoms with van der Waals surface area (Å²) in [5.74, 6) is 0.0163. The SMILES string of the molecule is CNC(=O)C1(COC)CCCN1Cc1cc(C)ncn1. The summed E-state index contributed by atoms with van der Waals surface area (Å²) < 4.78 is 5.31. The van der Waals surface area contributed by atoms with Crippen LogP contribution in [-0.4, -0.2) is 53.6 Å². The van der Waals surface area contributed by atoms with E-state index in [4.69, 9.17) is 4.74 Å². The van der Waals surface area contributed by atoms with Gasteiger partial charge in [0.1, 0.15) is 11.9 Å². The highest BCUT2D eigenvalue weighted by Gasteiger charge is 2.47. The zero-order chi connectivity index (χ0) is 14.6. The Morgan fingerprint density at radius 3 is 3.00 bits per heavy atom. The van der Waals surface area contributed by atoms with Crippen LogP contribution < -0.4 is 5.32 Å². The molecule has 1 unspecified atom stereocenters. The third-order valence-electron chi connectivity index (χ3n) is 3.87. The number of methoxy groups -OCH3 is 1. The first kappa shape index (κ1) is 14.9. The predicted molar refractivity (Wildman–Crippen MR) is 75.1 cm³/mol. The summed E-state index contributed by atoms with van der Waals surface area (Å²) in [7, 11) is 3.31. The molecule has 6 heteroatoms. The van der Waals surface area contributed by atoms with Crippen molar-refractivity contribution >= 4 is 5.91 Å². The number of carbonyl (C=O) groups excluding carboxylic acids is 1. The summed E-state index contributed by atoms with van der Waals surface area (Å²) in [5.41, 5.74) is 1.29. The molecule has 0 aromatic carbocycles. The Bertz CT molecular complexity index is 480. The van der Waals surface area contributed by atoms with Crippen molar-refractivity contribution in [1.82, 2.24) is 20.2 Å². The van der Waals surface area contributed by atoms with Crippen molar-refractivity contribution in [2.45, 2.75) is 31.8 Å². The first-order chi connectivity index (χ1) is 9.62. The summed E-state index contributed by atoms with van der Waals surface area (Å²) in [6, 6.07) is 1.96. The number of nitrogens with zero attached hydrogens (tertiary/aromatic N) is 3. The highest BCUT2D eigenvalue weighted by Crippen LogP contribution is 2.31. The fourth-order valence-electron chi connectivity index (χ4n) is 2.91. The van der Waals surface area contributed by atoms with Crippen LogP contribution in [0.4, 0.5) is 0 Å². The normalized spacial score (nSPS) is 22.9. The van der Waals surface area contributed by atoms with E-state index in [1.165, 1.54) is 0 Å². The first-order valence-corrected chi connectivity index (χ1v) is 6.86. The lowest BCUT2D eigenvalue weighted by molar-refractivity contribution is -0.135. The van der Waals surface area contributed by atoms with E-state index in [0.29, 0.717) is 13.2 Å². The lowest BCUT2D eigenvalue weighted by Gasteiger charge is -2.36. The number of ether oxygens (including phenoxy) is 1. The second kappa shape index (κ2) is 6.28. The van der Waals surface area contributed by atoms with Gasteiger partial charge in [0.25, 0.3) is 0 Å². The quantitative estimate of drug-likeness (QED) is 0.850. The number of nitrogens with one attached hydrogen (secondary N) is 1. The van der Waals surface area contributed by atoms with Gasteiger partial charge in [-0.2, -0.15) is 0 Å². The van der Waals surface area contributed by atoms with Crippen LogP contribution in [0.25, 0.3) is 0 Å². The van der Waals surface area contributed by atoms with Crippen LogP contribution >= 0.6 is 0 Å². The van der Waals surface area contributed by atoms with Crippen molar-refractivity contribution in [2.24, 2.45) is 0 Å². The Kier molecular flexibility index (Phi) is 4.67. The van der Waals surface area contributed by atoms with Crippen LogP contribution in [0.1, 0.15) is 24.2 Å². The monoisotopic (exact) mass is 278 g/mol. The molecule has 1 aliphatic rings. The molecule has 0 bridgehead atoms. The van der Waals surface area contributed by atoms with Gasteiger partial charge in [-0.3, -0.25) is 9.69 Å². The molecule has 0 spiro atoms. The molecule has 0 radical (unpaired) electrons. The fourth-order valence-corrected chi connectivity index (χ4v) is 2.91. The molecule has 1 saturated heterocycles. The minimum Gasteiger partial charge on any atom is -0.382 e. The Labute approximate surface area is 119 Å². The summed E-state index contributed by atoms with van der Waals surface area (Å²) in [5, 5.41) is 2.77. The van der Waals surface area contributed by atoms with Crippen molar-refractivity contribution in [2.75, 3.05) is 27.3 Å². The molecule has 2 heterocycles. The Balaban J connectivity index is 2.22. The van der Waals surface area contributed by atoms with E-state index in [1.807, 2.05) is 13.0 Å². The van der Waals surface area contributed by atoms with Gasteiger partial charge in [0.2, 0.25) is 5.91 Å². The maximum Gasteiger partial charge on any atom is 0.242 e. The smallest absolute Gasteiger partial charge is 0.242 e. The molecule has 1 aromatic rings. The lowest BCUT2D eigenvalue weighted by Crippen LogP contribution is -2.57. The van der Waals surface area contributed by atoms with Crippen molar-refractivity contribution in [3.8, 4) is 0 Å². The predicted octanol–water partition coefficient (Wildman–Crippen LogP) is 0.512. The van der Waals surface area contributed by atoms with Gasteiger partial charge in [-0.15, -0.1) is 0 Å². The van der Waals surface area contributed by atoms with Gasteiger partial charge in [0, 0.05) is 26.4 Å². The molecule has 2 rings (SSSR count). The standard InChI is InChI=1S/C14H22N4O2/c1-11-7-12(17-10-16-11)8-18-6-4-5-14(18,9-20-3)13(19)15-2/h7,10H,4-6,8-9H2,1-3H3,(H,15,19). The third-order valence-corrected chi connectivity index (χ3v) is 3.87. The number of amides is 1. The maximum absolute atomic E-state index is 12.3. The van der Waals surface area contributed by atoms with Gasteiger partial charge in [0.05, 0.1) is 12.3 Å². The average molecular weight is 278 g/mol. The van der Waals surface area contributed by atoms with Crippen LogP contribution in [0.15, 0.2) is 12.4 Å². The van der Waals surface area contributed by atoms with Crippen LogP contribution in [0.3, 0.4) is 0 Å². The molecule has 1 atom stereocenters. The third kappa shape index (κ3) is 2.81.